The van der Waals surface area contributed by atoms with E-state index in [4.69, 9.17) is 0 Å². The van der Waals surface area contributed by atoms with Crippen LogP contribution in [0.15, 0.2) is 22.7 Å². The summed E-state index contributed by atoms with van der Waals surface area (Å²) >= 11 is 6.44. The van der Waals surface area contributed by atoms with Gasteiger partial charge in [-0.15, -0.1) is 0 Å². The third-order valence-electron chi connectivity index (χ3n) is 2.02. The second kappa shape index (κ2) is 7.01. The first kappa shape index (κ1) is 13.6. The molecule has 0 bridgehead atoms. The van der Waals surface area contributed by atoms with Gasteiger partial charge < -0.3 is 5.32 Å². The van der Waals surface area contributed by atoms with Crippen LogP contribution in [0.3, 0.4) is 0 Å². The summed E-state index contributed by atoms with van der Waals surface area (Å²) in [5.74, 6) is -0.869. The molecule has 0 saturated carbocycles. The van der Waals surface area contributed by atoms with Gasteiger partial charge in [-0.3, -0.25) is 4.79 Å². The van der Waals surface area contributed by atoms with Gasteiger partial charge in [0.05, 0.1) is 5.56 Å². The molecule has 0 spiro atoms. The van der Waals surface area contributed by atoms with Gasteiger partial charge in [0.15, 0.2) is 0 Å². The molecule has 16 heavy (non-hydrogen) atoms. The molecule has 0 aromatic heterocycles. The van der Waals surface area contributed by atoms with Gasteiger partial charge in [-0.1, -0.05) is 31.9 Å². The van der Waals surface area contributed by atoms with Crippen LogP contribution in [0.1, 0.15) is 23.2 Å². The molecule has 1 amide bonds. The van der Waals surface area contributed by atoms with Crippen molar-refractivity contribution in [3.63, 3.8) is 0 Å². The zero-order chi connectivity index (χ0) is 12.0. The van der Waals surface area contributed by atoms with Crippen molar-refractivity contribution in [3.8, 4) is 0 Å². The van der Waals surface area contributed by atoms with Crippen molar-refractivity contribution in [1.29, 1.82) is 0 Å². The van der Waals surface area contributed by atoms with Gasteiger partial charge in [0, 0.05) is 16.3 Å². The maximum absolute atomic E-state index is 13.4. The summed E-state index contributed by atoms with van der Waals surface area (Å²) in [4.78, 5) is 11.6. The molecule has 0 radical (unpaired) electrons. The van der Waals surface area contributed by atoms with Crippen LogP contribution < -0.4 is 5.32 Å². The monoisotopic (exact) mass is 351 g/mol. The number of rotatable bonds is 5. The molecular formula is C11H12Br2FNO. The van der Waals surface area contributed by atoms with Crippen LogP contribution in [0.5, 0.6) is 0 Å². The second-order valence-electron chi connectivity index (χ2n) is 3.28. The molecule has 1 aromatic rings. The summed E-state index contributed by atoms with van der Waals surface area (Å²) in [6.07, 6.45) is 1.87. The number of nitrogens with one attached hydrogen (secondary N) is 1. The molecule has 0 aliphatic heterocycles. The quantitative estimate of drug-likeness (QED) is 0.637. The minimum atomic E-state index is -0.507. The average molecular weight is 353 g/mol. The predicted molar refractivity (Wildman–Crippen MR) is 69.5 cm³/mol. The fourth-order valence-electron chi connectivity index (χ4n) is 1.19. The van der Waals surface area contributed by atoms with Crippen molar-refractivity contribution in [2.45, 2.75) is 12.8 Å². The van der Waals surface area contributed by atoms with Crippen molar-refractivity contribution in [2.24, 2.45) is 0 Å². The van der Waals surface area contributed by atoms with E-state index in [0.29, 0.717) is 11.0 Å². The Hall–Kier alpha value is -0.420. The van der Waals surface area contributed by atoms with Crippen LogP contribution in [0.4, 0.5) is 4.39 Å². The number of benzene rings is 1. The van der Waals surface area contributed by atoms with Crippen LogP contribution in [0.2, 0.25) is 0 Å². The molecule has 2 nitrogen and oxygen atoms in total. The number of unbranched alkanes of at least 4 members (excludes halogenated alkanes) is 1. The number of hydrogen-bond acceptors (Lipinski definition) is 1. The molecule has 0 aliphatic rings. The van der Waals surface area contributed by atoms with Gasteiger partial charge in [0.2, 0.25) is 0 Å². The number of carbonyl (C=O) groups is 1. The average Bonchev–Trinajstić information content (AvgIpc) is 2.24. The smallest absolute Gasteiger partial charge is 0.254 e. The van der Waals surface area contributed by atoms with Crippen molar-refractivity contribution >= 4 is 37.8 Å². The molecule has 0 unspecified atom stereocenters. The highest BCUT2D eigenvalue weighted by Crippen LogP contribution is 2.15. The summed E-state index contributed by atoms with van der Waals surface area (Å²) in [6, 6.07) is 4.41. The predicted octanol–water partition coefficient (Wildman–Crippen LogP) is 3.49. The summed E-state index contributed by atoms with van der Waals surface area (Å²) in [7, 11) is 0. The molecule has 1 rings (SSSR count). The minimum Gasteiger partial charge on any atom is -0.352 e. The van der Waals surface area contributed by atoms with E-state index < -0.39 is 5.82 Å². The van der Waals surface area contributed by atoms with Crippen molar-refractivity contribution in [1.82, 2.24) is 5.32 Å². The number of alkyl halides is 1. The first-order chi connectivity index (χ1) is 7.65. The van der Waals surface area contributed by atoms with Crippen LogP contribution >= 0.6 is 31.9 Å². The lowest BCUT2D eigenvalue weighted by Gasteiger charge is -2.05. The Morgan fingerprint density at radius 2 is 2.12 bits per heavy atom. The third-order valence-corrected chi connectivity index (χ3v) is 3.08. The van der Waals surface area contributed by atoms with E-state index in [1.165, 1.54) is 12.1 Å². The minimum absolute atomic E-state index is 0.0852. The van der Waals surface area contributed by atoms with Gasteiger partial charge in [0.1, 0.15) is 5.82 Å². The molecule has 1 N–H and O–H groups in total. The Morgan fingerprint density at radius 1 is 1.38 bits per heavy atom. The fraction of sp³-hybridized carbons (Fsp3) is 0.364. The van der Waals surface area contributed by atoms with E-state index in [2.05, 4.69) is 37.2 Å². The molecule has 0 saturated heterocycles. The van der Waals surface area contributed by atoms with E-state index in [1.54, 1.807) is 6.07 Å². The standard InChI is InChI=1S/C11H12Br2FNO/c12-5-1-2-6-15-11(16)9-4-3-8(13)7-10(9)14/h3-4,7H,1-2,5-6H2,(H,15,16). The van der Waals surface area contributed by atoms with E-state index >= 15 is 0 Å². The van der Waals surface area contributed by atoms with Crippen molar-refractivity contribution < 1.29 is 9.18 Å². The lowest BCUT2D eigenvalue weighted by Crippen LogP contribution is -2.25. The highest BCUT2D eigenvalue weighted by molar-refractivity contribution is 9.10. The molecular weight excluding hydrogens is 341 g/mol. The maximum atomic E-state index is 13.4. The van der Waals surface area contributed by atoms with Crippen LogP contribution in [-0.4, -0.2) is 17.8 Å². The summed E-state index contributed by atoms with van der Waals surface area (Å²) < 4.78 is 14.0. The lowest BCUT2D eigenvalue weighted by molar-refractivity contribution is 0.0949. The van der Waals surface area contributed by atoms with Crippen LogP contribution in [0, 0.1) is 5.82 Å². The number of carbonyl (C=O) groups excluding carboxylic acids is 1. The van der Waals surface area contributed by atoms with Crippen molar-refractivity contribution in [3.05, 3.63) is 34.1 Å². The number of hydrogen-bond donors (Lipinski definition) is 1. The second-order valence-corrected chi connectivity index (χ2v) is 4.98. The van der Waals surface area contributed by atoms with E-state index in [1.807, 2.05) is 0 Å². The zero-order valence-corrected chi connectivity index (χ0v) is 11.8. The molecule has 0 heterocycles. The van der Waals surface area contributed by atoms with Gasteiger partial charge in [0.25, 0.3) is 5.91 Å². The number of amides is 1. The highest BCUT2D eigenvalue weighted by atomic mass is 79.9. The lowest BCUT2D eigenvalue weighted by atomic mass is 10.2. The molecule has 0 atom stereocenters. The Kier molecular flexibility index (Phi) is 5.98. The Bertz CT molecular complexity index is 371. The van der Waals surface area contributed by atoms with Crippen molar-refractivity contribution in [2.75, 3.05) is 11.9 Å². The Balaban J connectivity index is 2.53. The molecule has 0 aliphatic carbocycles. The van der Waals surface area contributed by atoms with E-state index in [-0.39, 0.29) is 11.5 Å². The first-order valence-corrected chi connectivity index (χ1v) is 6.86. The summed E-state index contributed by atoms with van der Waals surface area (Å²) in [5, 5.41) is 3.59. The fourth-order valence-corrected chi connectivity index (χ4v) is 1.92. The van der Waals surface area contributed by atoms with Gasteiger partial charge in [-0.2, -0.15) is 0 Å². The van der Waals surface area contributed by atoms with Gasteiger partial charge in [-0.25, -0.2) is 4.39 Å². The normalized spacial score (nSPS) is 10.2. The molecule has 88 valence electrons. The molecule has 1 aromatic carbocycles. The molecule has 5 heteroatoms. The van der Waals surface area contributed by atoms with E-state index in [9.17, 15) is 9.18 Å². The van der Waals surface area contributed by atoms with E-state index in [0.717, 1.165) is 18.2 Å². The number of halogens is 3. The zero-order valence-electron chi connectivity index (χ0n) is 8.60. The highest BCUT2D eigenvalue weighted by Gasteiger charge is 2.10. The van der Waals surface area contributed by atoms with Gasteiger partial charge >= 0.3 is 0 Å². The summed E-state index contributed by atoms with van der Waals surface area (Å²) in [5.41, 5.74) is 0.0852. The first-order valence-electron chi connectivity index (χ1n) is 4.94. The Morgan fingerprint density at radius 3 is 2.75 bits per heavy atom. The Labute approximate surface area is 111 Å². The third kappa shape index (κ3) is 4.22. The SMILES string of the molecule is O=C(NCCCCBr)c1ccc(Br)cc1F. The largest absolute Gasteiger partial charge is 0.352 e. The van der Waals surface area contributed by atoms with Crippen LogP contribution in [-0.2, 0) is 0 Å². The van der Waals surface area contributed by atoms with Gasteiger partial charge in [-0.05, 0) is 31.0 Å². The van der Waals surface area contributed by atoms with Crippen LogP contribution in [0.25, 0.3) is 0 Å². The summed E-state index contributed by atoms with van der Waals surface area (Å²) in [6.45, 7) is 0.569. The topological polar surface area (TPSA) is 29.1 Å². The maximum Gasteiger partial charge on any atom is 0.254 e. The molecule has 0 fully saturated rings.